The van der Waals surface area contributed by atoms with Gasteiger partial charge in [-0.25, -0.2) is 0 Å². The lowest BCUT2D eigenvalue weighted by Gasteiger charge is -2.09. The van der Waals surface area contributed by atoms with Crippen LogP contribution in [0.1, 0.15) is 18.4 Å². The molecule has 0 fully saturated rings. The normalized spacial score (nSPS) is 11.0. The molecule has 1 aromatic carbocycles. The van der Waals surface area contributed by atoms with Crippen LogP contribution in [0.15, 0.2) is 72.9 Å². The molecule has 0 aromatic heterocycles. The number of nitrogens with one attached hydrogen (secondary N) is 1. The molecule has 0 spiro atoms. The van der Waals surface area contributed by atoms with Crippen LogP contribution in [-0.2, 0) is 5.75 Å². The Labute approximate surface area is 138 Å². The Balaban J connectivity index is 2.45. The molecule has 22 heavy (non-hydrogen) atoms. The predicted molar refractivity (Wildman–Crippen MR) is 99.1 cm³/mol. The van der Waals surface area contributed by atoms with Gasteiger partial charge >= 0.3 is 0 Å². The summed E-state index contributed by atoms with van der Waals surface area (Å²) in [6.07, 6.45) is 7.49. The third-order valence-electron chi connectivity index (χ3n) is 2.96. The van der Waals surface area contributed by atoms with Crippen LogP contribution in [0.3, 0.4) is 0 Å². The predicted octanol–water partition coefficient (Wildman–Crippen LogP) is 5.07. The third-order valence-corrected chi connectivity index (χ3v) is 4.07. The first-order valence-corrected chi connectivity index (χ1v) is 8.35. The van der Waals surface area contributed by atoms with Gasteiger partial charge in [-0.2, -0.15) is 0 Å². The number of hydrogen-bond acceptors (Lipinski definition) is 3. The van der Waals surface area contributed by atoms with E-state index in [-0.39, 0.29) is 0 Å². The maximum Gasteiger partial charge on any atom is 0.126 e. The summed E-state index contributed by atoms with van der Waals surface area (Å²) in [5, 5.41) is 3.11. The van der Waals surface area contributed by atoms with E-state index < -0.39 is 0 Å². The monoisotopic (exact) mass is 315 g/mol. The van der Waals surface area contributed by atoms with Gasteiger partial charge in [0.15, 0.2) is 0 Å². The van der Waals surface area contributed by atoms with Crippen molar-refractivity contribution in [1.29, 1.82) is 0 Å². The van der Waals surface area contributed by atoms with Crippen molar-refractivity contribution in [3.63, 3.8) is 0 Å². The highest BCUT2D eigenvalue weighted by atomic mass is 32.2. The molecule has 118 valence electrons. The summed E-state index contributed by atoms with van der Waals surface area (Å²) in [4.78, 5) is 1.12. The van der Waals surface area contributed by atoms with E-state index in [1.165, 1.54) is 5.56 Å². The molecule has 1 aromatic rings. The lowest BCUT2D eigenvalue weighted by Crippen LogP contribution is -2.08. The van der Waals surface area contributed by atoms with Gasteiger partial charge in [0.25, 0.3) is 0 Å². The SMILES string of the molecule is C=C/C=C(\C=C)SCc1ccc(OC(=C)CCCNC)cc1. The summed E-state index contributed by atoms with van der Waals surface area (Å²) in [6.45, 7) is 12.4. The van der Waals surface area contributed by atoms with Crippen LogP contribution >= 0.6 is 11.8 Å². The van der Waals surface area contributed by atoms with Crippen molar-refractivity contribution in [2.45, 2.75) is 18.6 Å². The summed E-state index contributed by atoms with van der Waals surface area (Å²) in [5.74, 6) is 2.55. The minimum Gasteiger partial charge on any atom is -0.462 e. The second kappa shape index (κ2) is 10.9. The Bertz CT molecular complexity index is 517. The summed E-state index contributed by atoms with van der Waals surface area (Å²) in [6, 6.07) is 8.14. The van der Waals surface area contributed by atoms with Gasteiger partial charge in [-0.05, 0) is 43.8 Å². The molecule has 0 bridgehead atoms. The zero-order valence-electron chi connectivity index (χ0n) is 13.3. The zero-order chi connectivity index (χ0) is 16.2. The van der Waals surface area contributed by atoms with Crippen molar-refractivity contribution in [1.82, 2.24) is 5.32 Å². The van der Waals surface area contributed by atoms with Crippen LogP contribution in [-0.4, -0.2) is 13.6 Å². The molecule has 0 heterocycles. The highest BCUT2D eigenvalue weighted by Crippen LogP contribution is 2.24. The van der Waals surface area contributed by atoms with Crippen molar-refractivity contribution in [2.75, 3.05) is 13.6 Å². The van der Waals surface area contributed by atoms with Crippen LogP contribution in [0.4, 0.5) is 0 Å². The molecule has 0 unspecified atom stereocenters. The van der Waals surface area contributed by atoms with Gasteiger partial charge in [0.2, 0.25) is 0 Å². The molecule has 0 amide bonds. The molecular formula is C19H25NOS. The average Bonchev–Trinajstić information content (AvgIpc) is 2.53. The van der Waals surface area contributed by atoms with E-state index in [0.717, 1.165) is 41.6 Å². The third kappa shape index (κ3) is 7.34. The second-order valence-corrected chi connectivity index (χ2v) is 5.84. The molecule has 0 radical (unpaired) electrons. The number of thioether (sulfide) groups is 1. The van der Waals surface area contributed by atoms with Gasteiger partial charge in [0, 0.05) is 17.1 Å². The first-order valence-electron chi connectivity index (χ1n) is 7.36. The number of allylic oxidation sites excluding steroid dienone is 4. The molecule has 0 aliphatic carbocycles. The van der Waals surface area contributed by atoms with Gasteiger partial charge < -0.3 is 10.1 Å². The van der Waals surface area contributed by atoms with Crippen molar-refractivity contribution in [3.8, 4) is 5.75 Å². The number of ether oxygens (including phenoxy) is 1. The van der Waals surface area contributed by atoms with E-state index in [2.05, 4.69) is 37.2 Å². The Morgan fingerprint density at radius 1 is 1.27 bits per heavy atom. The van der Waals surface area contributed by atoms with E-state index in [1.807, 2.05) is 31.3 Å². The zero-order valence-corrected chi connectivity index (χ0v) is 14.1. The molecule has 0 saturated carbocycles. The van der Waals surface area contributed by atoms with E-state index in [0.29, 0.717) is 0 Å². The Kier molecular flexibility index (Phi) is 9.12. The quantitative estimate of drug-likeness (QED) is 0.350. The fourth-order valence-corrected chi connectivity index (χ4v) is 2.63. The summed E-state index contributed by atoms with van der Waals surface area (Å²) < 4.78 is 5.73. The standard InChI is InChI=1S/C19H25NOS/c1-5-8-19(6-2)22-15-17-10-12-18(13-11-17)21-16(3)9-7-14-20-4/h5-6,8,10-13,20H,1-3,7,9,14-15H2,4H3/b19-8+. The Morgan fingerprint density at radius 2 is 2.00 bits per heavy atom. The molecule has 0 aliphatic heterocycles. The van der Waals surface area contributed by atoms with Crippen molar-refractivity contribution < 1.29 is 4.74 Å². The number of hydrogen-bond donors (Lipinski definition) is 1. The Morgan fingerprint density at radius 3 is 2.59 bits per heavy atom. The minimum absolute atomic E-state index is 0.806. The second-order valence-electron chi connectivity index (χ2n) is 4.79. The van der Waals surface area contributed by atoms with Gasteiger partial charge in [-0.3, -0.25) is 0 Å². The maximum atomic E-state index is 5.73. The molecule has 3 heteroatoms. The van der Waals surface area contributed by atoms with Gasteiger partial charge in [0.1, 0.15) is 5.75 Å². The molecule has 1 N–H and O–H groups in total. The highest BCUT2D eigenvalue weighted by Gasteiger charge is 2.00. The van der Waals surface area contributed by atoms with Gasteiger partial charge in [0.05, 0.1) is 5.76 Å². The summed E-state index contributed by atoms with van der Waals surface area (Å²) in [7, 11) is 1.95. The van der Waals surface area contributed by atoms with Crippen molar-refractivity contribution >= 4 is 11.8 Å². The maximum absolute atomic E-state index is 5.73. The topological polar surface area (TPSA) is 21.3 Å². The molecular weight excluding hydrogens is 290 g/mol. The van der Waals surface area contributed by atoms with Gasteiger partial charge in [-0.15, -0.1) is 11.8 Å². The van der Waals surface area contributed by atoms with E-state index in [9.17, 15) is 0 Å². The number of rotatable bonds is 11. The number of benzene rings is 1. The fourth-order valence-electron chi connectivity index (χ4n) is 1.79. The first kappa shape index (κ1) is 18.3. The van der Waals surface area contributed by atoms with Crippen LogP contribution in [0.2, 0.25) is 0 Å². The molecule has 2 nitrogen and oxygen atoms in total. The summed E-state index contributed by atoms with van der Waals surface area (Å²) in [5.41, 5.74) is 1.25. The average molecular weight is 315 g/mol. The van der Waals surface area contributed by atoms with E-state index >= 15 is 0 Å². The Hall–Kier alpha value is -1.71. The fraction of sp³-hybridized carbons (Fsp3) is 0.263. The van der Waals surface area contributed by atoms with Crippen LogP contribution in [0.5, 0.6) is 5.75 Å². The lowest BCUT2D eigenvalue weighted by atomic mass is 10.2. The van der Waals surface area contributed by atoms with Crippen molar-refractivity contribution in [3.05, 3.63) is 78.5 Å². The van der Waals surface area contributed by atoms with Crippen LogP contribution < -0.4 is 10.1 Å². The highest BCUT2D eigenvalue weighted by molar-refractivity contribution is 8.02. The van der Waals surface area contributed by atoms with Crippen LogP contribution in [0, 0.1) is 0 Å². The summed E-state index contributed by atoms with van der Waals surface area (Å²) >= 11 is 1.74. The van der Waals surface area contributed by atoms with Crippen molar-refractivity contribution in [2.24, 2.45) is 0 Å². The van der Waals surface area contributed by atoms with E-state index in [1.54, 1.807) is 17.8 Å². The minimum atomic E-state index is 0.806. The molecule has 0 aliphatic rings. The largest absolute Gasteiger partial charge is 0.462 e. The molecule has 1 rings (SSSR count). The molecule has 0 saturated heterocycles. The van der Waals surface area contributed by atoms with Gasteiger partial charge in [-0.1, -0.05) is 44.0 Å². The smallest absolute Gasteiger partial charge is 0.126 e. The van der Waals surface area contributed by atoms with Crippen LogP contribution in [0.25, 0.3) is 0 Å². The lowest BCUT2D eigenvalue weighted by molar-refractivity contribution is 0.401. The molecule has 0 atom stereocenters. The van der Waals surface area contributed by atoms with E-state index in [4.69, 9.17) is 4.74 Å². The first-order chi connectivity index (χ1) is 10.7.